The lowest BCUT2D eigenvalue weighted by molar-refractivity contribution is 0.0377. The number of aryl methyl sites for hydroxylation is 2. The number of esters is 1. The van der Waals surface area contributed by atoms with Gasteiger partial charge in [0.25, 0.3) is 0 Å². The van der Waals surface area contributed by atoms with Gasteiger partial charge < -0.3 is 9.47 Å². The minimum absolute atomic E-state index is 0.103. The maximum absolute atomic E-state index is 11.8. The van der Waals surface area contributed by atoms with Crippen molar-refractivity contribution < 1.29 is 14.3 Å². The normalized spacial score (nSPS) is 10.5. The molecule has 17 heavy (non-hydrogen) atoms. The van der Waals surface area contributed by atoms with Gasteiger partial charge in [0, 0.05) is 0 Å². The number of benzene rings is 1. The van der Waals surface area contributed by atoms with E-state index in [1.165, 1.54) is 0 Å². The Kier molecular flexibility index (Phi) is 4.55. The van der Waals surface area contributed by atoms with Gasteiger partial charge in [-0.15, -0.1) is 0 Å². The van der Waals surface area contributed by atoms with Crippen LogP contribution in [0.5, 0.6) is 5.75 Å². The number of rotatable bonds is 4. The van der Waals surface area contributed by atoms with Crippen LogP contribution in [0.4, 0.5) is 0 Å². The molecule has 3 heteroatoms. The summed E-state index contributed by atoms with van der Waals surface area (Å²) >= 11 is 0. The van der Waals surface area contributed by atoms with Gasteiger partial charge in [-0.3, -0.25) is 0 Å². The number of hydrogen-bond acceptors (Lipinski definition) is 3. The standard InChI is InChI=1S/C14H20O3/c1-6-16-13-8-10(4)12(7-11(13)5)14(15)17-9(2)3/h7-9H,6H2,1-5H3. The van der Waals surface area contributed by atoms with Crippen LogP contribution >= 0.6 is 0 Å². The Morgan fingerprint density at radius 1 is 1.24 bits per heavy atom. The third-order valence-electron chi connectivity index (χ3n) is 2.38. The molecule has 0 radical (unpaired) electrons. The molecule has 0 N–H and O–H groups in total. The van der Waals surface area contributed by atoms with E-state index >= 15 is 0 Å². The van der Waals surface area contributed by atoms with Crippen LogP contribution in [0.3, 0.4) is 0 Å². The summed E-state index contributed by atoms with van der Waals surface area (Å²) in [5.41, 5.74) is 2.44. The average molecular weight is 236 g/mol. The van der Waals surface area contributed by atoms with Gasteiger partial charge in [0.1, 0.15) is 5.75 Å². The van der Waals surface area contributed by atoms with Crippen molar-refractivity contribution in [1.82, 2.24) is 0 Å². The van der Waals surface area contributed by atoms with Gasteiger partial charge in [-0.25, -0.2) is 4.79 Å². The van der Waals surface area contributed by atoms with Crippen LogP contribution in [0.1, 0.15) is 42.3 Å². The largest absolute Gasteiger partial charge is 0.494 e. The first-order valence-corrected chi connectivity index (χ1v) is 5.90. The van der Waals surface area contributed by atoms with Crippen LogP contribution in [0.25, 0.3) is 0 Å². The van der Waals surface area contributed by atoms with E-state index in [0.29, 0.717) is 12.2 Å². The van der Waals surface area contributed by atoms with Gasteiger partial charge >= 0.3 is 5.97 Å². The minimum Gasteiger partial charge on any atom is -0.494 e. The zero-order chi connectivity index (χ0) is 13.0. The fourth-order valence-corrected chi connectivity index (χ4v) is 1.60. The lowest BCUT2D eigenvalue weighted by atomic mass is 10.0. The SMILES string of the molecule is CCOc1cc(C)c(C(=O)OC(C)C)cc1C. The van der Waals surface area contributed by atoms with E-state index < -0.39 is 0 Å². The number of hydrogen-bond donors (Lipinski definition) is 0. The first-order chi connectivity index (χ1) is 7.95. The van der Waals surface area contributed by atoms with E-state index in [9.17, 15) is 4.79 Å². The van der Waals surface area contributed by atoms with Crippen LogP contribution in [0, 0.1) is 13.8 Å². The Bertz CT molecular complexity index is 408. The molecule has 0 aliphatic carbocycles. The van der Waals surface area contributed by atoms with E-state index in [2.05, 4.69) is 0 Å². The molecule has 1 aromatic carbocycles. The molecule has 0 saturated heterocycles. The highest BCUT2D eigenvalue weighted by atomic mass is 16.5. The van der Waals surface area contributed by atoms with E-state index in [0.717, 1.165) is 16.9 Å². The molecule has 0 fully saturated rings. The van der Waals surface area contributed by atoms with Crippen molar-refractivity contribution in [2.45, 2.75) is 40.7 Å². The molecule has 0 unspecified atom stereocenters. The molecule has 0 heterocycles. The summed E-state index contributed by atoms with van der Waals surface area (Å²) in [4.78, 5) is 11.8. The van der Waals surface area contributed by atoms with Crippen LogP contribution in [0.15, 0.2) is 12.1 Å². The first-order valence-electron chi connectivity index (χ1n) is 5.90. The van der Waals surface area contributed by atoms with E-state index in [1.807, 2.05) is 46.8 Å². The van der Waals surface area contributed by atoms with Crippen molar-refractivity contribution in [3.63, 3.8) is 0 Å². The molecule has 1 aromatic rings. The zero-order valence-electron chi connectivity index (χ0n) is 11.2. The van der Waals surface area contributed by atoms with Gasteiger partial charge in [-0.2, -0.15) is 0 Å². The molecule has 0 saturated carbocycles. The Morgan fingerprint density at radius 2 is 1.88 bits per heavy atom. The molecule has 0 amide bonds. The van der Waals surface area contributed by atoms with Crippen LogP contribution < -0.4 is 4.74 Å². The van der Waals surface area contributed by atoms with E-state index in [1.54, 1.807) is 0 Å². The molecule has 0 aromatic heterocycles. The number of carbonyl (C=O) groups excluding carboxylic acids is 1. The van der Waals surface area contributed by atoms with E-state index in [-0.39, 0.29) is 12.1 Å². The first kappa shape index (κ1) is 13.6. The monoisotopic (exact) mass is 236 g/mol. The maximum atomic E-state index is 11.8. The molecule has 3 nitrogen and oxygen atoms in total. The summed E-state index contributed by atoms with van der Waals surface area (Å²) in [6.07, 6.45) is -0.103. The molecule has 0 spiro atoms. The highest BCUT2D eigenvalue weighted by Crippen LogP contribution is 2.23. The van der Waals surface area contributed by atoms with Crippen LogP contribution in [0.2, 0.25) is 0 Å². The molecule has 0 aliphatic rings. The van der Waals surface area contributed by atoms with Gasteiger partial charge in [0.15, 0.2) is 0 Å². The van der Waals surface area contributed by atoms with Crippen LogP contribution in [-0.2, 0) is 4.74 Å². The predicted molar refractivity (Wildman–Crippen MR) is 67.6 cm³/mol. The molecular formula is C14H20O3. The summed E-state index contributed by atoms with van der Waals surface area (Å²) < 4.78 is 10.7. The quantitative estimate of drug-likeness (QED) is 0.753. The molecule has 0 bridgehead atoms. The Labute approximate surface area is 103 Å². The van der Waals surface area contributed by atoms with Crippen molar-refractivity contribution in [3.05, 3.63) is 28.8 Å². The third-order valence-corrected chi connectivity index (χ3v) is 2.38. The summed E-state index contributed by atoms with van der Waals surface area (Å²) in [5.74, 6) is 0.551. The van der Waals surface area contributed by atoms with Gasteiger partial charge in [0.05, 0.1) is 18.3 Å². The third kappa shape index (κ3) is 3.48. The average Bonchev–Trinajstić information content (AvgIpc) is 2.22. The second-order valence-corrected chi connectivity index (χ2v) is 4.32. The van der Waals surface area contributed by atoms with Crippen molar-refractivity contribution >= 4 is 5.97 Å². The summed E-state index contributed by atoms with van der Waals surface area (Å²) in [7, 11) is 0. The van der Waals surface area contributed by atoms with Crippen molar-refractivity contribution in [2.75, 3.05) is 6.61 Å². The Balaban J connectivity index is 3.02. The lowest BCUT2D eigenvalue weighted by Crippen LogP contribution is -2.13. The van der Waals surface area contributed by atoms with Gasteiger partial charge in [-0.05, 0) is 57.9 Å². The second kappa shape index (κ2) is 5.71. The fourth-order valence-electron chi connectivity index (χ4n) is 1.60. The smallest absolute Gasteiger partial charge is 0.338 e. The summed E-state index contributed by atoms with van der Waals surface area (Å²) in [6.45, 7) is 10.1. The van der Waals surface area contributed by atoms with Gasteiger partial charge in [-0.1, -0.05) is 0 Å². The molecule has 94 valence electrons. The summed E-state index contributed by atoms with van der Waals surface area (Å²) in [6, 6.07) is 3.71. The summed E-state index contributed by atoms with van der Waals surface area (Å²) in [5, 5.41) is 0. The van der Waals surface area contributed by atoms with Crippen LogP contribution in [-0.4, -0.2) is 18.7 Å². The molecule has 1 rings (SSSR count). The van der Waals surface area contributed by atoms with Crippen molar-refractivity contribution in [2.24, 2.45) is 0 Å². The molecule has 0 atom stereocenters. The highest BCUT2D eigenvalue weighted by Gasteiger charge is 2.14. The zero-order valence-corrected chi connectivity index (χ0v) is 11.2. The number of carbonyl (C=O) groups is 1. The highest BCUT2D eigenvalue weighted by molar-refractivity contribution is 5.91. The molecule has 0 aliphatic heterocycles. The fraction of sp³-hybridized carbons (Fsp3) is 0.500. The minimum atomic E-state index is -0.274. The topological polar surface area (TPSA) is 35.5 Å². The lowest BCUT2D eigenvalue weighted by Gasteiger charge is -2.13. The number of ether oxygens (including phenoxy) is 2. The van der Waals surface area contributed by atoms with Crippen molar-refractivity contribution in [3.8, 4) is 5.75 Å². The predicted octanol–water partition coefficient (Wildman–Crippen LogP) is 3.27. The Morgan fingerprint density at radius 3 is 2.41 bits per heavy atom. The van der Waals surface area contributed by atoms with Gasteiger partial charge in [0.2, 0.25) is 0 Å². The van der Waals surface area contributed by atoms with E-state index in [4.69, 9.17) is 9.47 Å². The molecular weight excluding hydrogens is 216 g/mol. The van der Waals surface area contributed by atoms with Crippen molar-refractivity contribution in [1.29, 1.82) is 0 Å². The Hall–Kier alpha value is -1.51. The second-order valence-electron chi connectivity index (χ2n) is 4.32. The maximum Gasteiger partial charge on any atom is 0.338 e.